The summed E-state index contributed by atoms with van der Waals surface area (Å²) in [6, 6.07) is 5.87. The number of hydrogen-bond acceptors (Lipinski definition) is 3. The zero-order valence-electron chi connectivity index (χ0n) is 10.5. The topological polar surface area (TPSA) is 30.5 Å². The molecule has 0 radical (unpaired) electrons. The fourth-order valence-corrected chi connectivity index (χ4v) is 1.50. The third-order valence-corrected chi connectivity index (χ3v) is 2.34. The van der Waals surface area contributed by atoms with Crippen molar-refractivity contribution < 1.29 is 9.47 Å². The van der Waals surface area contributed by atoms with Crippen LogP contribution < -0.4 is 14.8 Å². The molecule has 0 aliphatic heterocycles. The number of ether oxygens (including phenoxy) is 2. The van der Waals surface area contributed by atoms with Crippen molar-refractivity contribution in [2.24, 2.45) is 0 Å². The molecule has 0 saturated carbocycles. The van der Waals surface area contributed by atoms with Crippen LogP contribution in [0.25, 0.3) is 0 Å². The summed E-state index contributed by atoms with van der Waals surface area (Å²) >= 11 is 0. The van der Waals surface area contributed by atoms with Crippen molar-refractivity contribution in [3.63, 3.8) is 0 Å². The fourth-order valence-electron chi connectivity index (χ4n) is 1.50. The number of benzene rings is 1. The smallest absolute Gasteiger partial charge is 0.165 e. The first-order valence-electron chi connectivity index (χ1n) is 5.76. The molecule has 0 bridgehead atoms. The molecule has 0 heterocycles. The summed E-state index contributed by atoms with van der Waals surface area (Å²) < 4.78 is 11.0. The van der Waals surface area contributed by atoms with Crippen molar-refractivity contribution >= 4 is 0 Å². The highest BCUT2D eigenvalue weighted by atomic mass is 16.5. The second-order valence-corrected chi connectivity index (χ2v) is 3.53. The van der Waals surface area contributed by atoms with E-state index < -0.39 is 0 Å². The highest BCUT2D eigenvalue weighted by molar-refractivity contribution is 5.46. The average Bonchev–Trinajstić information content (AvgIpc) is 2.37. The molecule has 0 aliphatic carbocycles. The molecule has 3 nitrogen and oxygen atoms in total. The van der Waals surface area contributed by atoms with E-state index in [0.29, 0.717) is 13.0 Å². The second-order valence-electron chi connectivity index (χ2n) is 3.53. The van der Waals surface area contributed by atoms with Crippen molar-refractivity contribution in [1.82, 2.24) is 5.32 Å². The van der Waals surface area contributed by atoms with E-state index >= 15 is 0 Å². The Kier molecular flexibility index (Phi) is 5.98. The average molecular weight is 233 g/mol. The molecule has 0 unspecified atom stereocenters. The van der Waals surface area contributed by atoms with Gasteiger partial charge in [-0.25, -0.2) is 0 Å². The zero-order valence-corrected chi connectivity index (χ0v) is 10.5. The fraction of sp³-hybridized carbons (Fsp3) is 0.429. The monoisotopic (exact) mass is 233 g/mol. The molecule has 1 N–H and O–H groups in total. The minimum absolute atomic E-state index is 0.510. The van der Waals surface area contributed by atoms with Gasteiger partial charge in [-0.2, -0.15) is 0 Å². The summed E-state index contributed by atoms with van der Waals surface area (Å²) in [5.41, 5.74) is 1.09. The molecule has 3 heteroatoms. The molecule has 0 aromatic heterocycles. The maximum atomic E-state index is 5.69. The largest absolute Gasteiger partial charge is 0.493 e. The molecular formula is C14H19NO2. The van der Waals surface area contributed by atoms with Gasteiger partial charge in [0, 0.05) is 18.5 Å². The Morgan fingerprint density at radius 1 is 1.41 bits per heavy atom. The SMILES string of the molecule is C#CCCOc1c(CNCC)cccc1OC. The molecule has 0 saturated heterocycles. The van der Waals surface area contributed by atoms with Gasteiger partial charge in [0.15, 0.2) is 11.5 Å². The van der Waals surface area contributed by atoms with Gasteiger partial charge in [-0.1, -0.05) is 19.1 Å². The van der Waals surface area contributed by atoms with Gasteiger partial charge in [0.25, 0.3) is 0 Å². The van der Waals surface area contributed by atoms with Crippen LogP contribution in [-0.2, 0) is 6.54 Å². The van der Waals surface area contributed by atoms with Gasteiger partial charge in [0.1, 0.15) is 0 Å². The van der Waals surface area contributed by atoms with E-state index in [1.165, 1.54) is 0 Å². The minimum atomic E-state index is 0.510. The van der Waals surface area contributed by atoms with Crippen LogP contribution in [0, 0.1) is 12.3 Å². The molecule has 1 aromatic carbocycles. The van der Waals surface area contributed by atoms with E-state index in [2.05, 4.69) is 18.2 Å². The lowest BCUT2D eigenvalue weighted by Crippen LogP contribution is -2.13. The number of nitrogens with one attached hydrogen (secondary N) is 1. The van der Waals surface area contributed by atoms with Crippen LogP contribution in [0.2, 0.25) is 0 Å². The Morgan fingerprint density at radius 3 is 2.88 bits per heavy atom. The number of rotatable bonds is 7. The van der Waals surface area contributed by atoms with Crippen molar-refractivity contribution in [3.8, 4) is 23.8 Å². The highest BCUT2D eigenvalue weighted by Crippen LogP contribution is 2.31. The highest BCUT2D eigenvalue weighted by Gasteiger charge is 2.09. The Morgan fingerprint density at radius 2 is 2.24 bits per heavy atom. The first-order chi connectivity index (χ1) is 8.33. The van der Waals surface area contributed by atoms with Crippen LogP contribution in [-0.4, -0.2) is 20.3 Å². The van der Waals surface area contributed by atoms with Crippen molar-refractivity contribution in [2.45, 2.75) is 19.9 Å². The van der Waals surface area contributed by atoms with E-state index in [1.54, 1.807) is 7.11 Å². The minimum Gasteiger partial charge on any atom is -0.493 e. The van der Waals surface area contributed by atoms with Gasteiger partial charge in [0.2, 0.25) is 0 Å². The predicted octanol–water partition coefficient (Wildman–Crippen LogP) is 2.21. The van der Waals surface area contributed by atoms with Crippen LogP contribution in [0.1, 0.15) is 18.9 Å². The lowest BCUT2D eigenvalue weighted by molar-refractivity contribution is 0.297. The van der Waals surface area contributed by atoms with Crippen molar-refractivity contribution in [2.75, 3.05) is 20.3 Å². The summed E-state index contributed by atoms with van der Waals surface area (Å²) in [7, 11) is 1.64. The first kappa shape index (κ1) is 13.4. The number of methoxy groups -OCH3 is 1. The number of para-hydroxylation sites is 1. The standard InChI is InChI=1S/C14H19NO2/c1-4-6-10-17-14-12(11-15-5-2)8-7-9-13(14)16-3/h1,7-9,15H,5-6,10-11H2,2-3H3. The quantitative estimate of drug-likeness (QED) is 0.578. The second kappa shape index (κ2) is 7.59. The van der Waals surface area contributed by atoms with Crippen LogP contribution in [0.5, 0.6) is 11.5 Å². The predicted molar refractivity (Wildman–Crippen MR) is 69.3 cm³/mol. The number of terminal acetylenes is 1. The van der Waals surface area contributed by atoms with Gasteiger partial charge >= 0.3 is 0 Å². The molecule has 1 aromatic rings. The molecule has 0 fully saturated rings. The Labute approximate surface area is 103 Å². The molecule has 0 aliphatic rings. The summed E-state index contributed by atoms with van der Waals surface area (Å²) in [5.74, 6) is 4.09. The maximum Gasteiger partial charge on any atom is 0.165 e. The summed E-state index contributed by atoms with van der Waals surface area (Å²) in [4.78, 5) is 0. The van der Waals surface area contributed by atoms with E-state index in [-0.39, 0.29) is 0 Å². The van der Waals surface area contributed by atoms with Gasteiger partial charge in [-0.3, -0.25) is 0 Å². The van der Waals surface area contributed by atoms with Gasteiger partial charge < -0.3 is 14.8 Å². The third kappa shape index (κ3) is 4.01. The van der Waals surface area contributed by atoms with Crippen molar-refractivity contribution in [3.05, 3.63) is 23.8 Å². The Hall–Kier alpha value is -1.66. The van der Waals surface area contributed by atoms with Crippen LogP contribution in [0.15, 0.2) is 18.2 Å². The maximum absolute atomic E-state index is 5.69. The lowest BCUT2D eigenvalue weighted by atomic mass is 10.2. The van der Waals surface area contributed by atoms with Crippen molar-refractivity contribution in [1.29, 1.82) is 0 Å². The van der Waals surface area contributed by atoms with E-state index in [0.717, 1.165) is 30.2 Å². The van der Waals surface area contributed by atoms with E-state index in [9.17, 15) is 0 Å². The van der Waals surface area contributed by atoms with Gasteiger partial charge in [-0.15, -0.1) is 12.3 Å². The van der Waals surface area contributed by atoms with Gasteiger partial charge in [-0.05, 0) is 12.6 Å². The van der Waals surface area contributed by atoms with E-state index in [1.807, 2.05) is 18.2 Å². The van der Waals surface area contributed by atoms with Gasteiger partial charge in [0.05, 0.1) is 13.7 Å². The first-order valence-corrected chi connectivity index (χ1v) is 5.76. The summed E-state index contributed by atoms with van der Waals surface area (Å²) in [6.45, 7) is 4.26. The third-order valence-electron chi connectivity index (χ3n) is 2.34. The molecule has 1 rings (SSSR count). The summed E-state index contributed by atoms with van der Waals surface area (Å²) in [6.07, 6.45) is 5.80. The van der Waals surface area contributed by atoms with Crippen LogP contribution in [0.4, 0.5) is 0 Å². The Bertz CT molecular complexity index is 382. The molecule has 0 spiro atoms. The lowest BCUT2D eigenvalue weighted by Gasteiger charge is -2.14. The van der Waals surface area contributed by atoms with Crippen LogP contribution >= 0.6 is 0 Å². The Balaban J connectivity index is 2.82. The van der Waals surface area contributed by atoms with E-state index in [4.69, 9.17) is 15.9 Å². The molecule has 92 valence electrons. The molecule has 0 amide bonds. The molecular weight excluding hydrogens is 214 g/mol. The normalized spacial score (nSPS) is 9.71. The molecule has 17 heavy (non-hydrogen) atoms. The summed E-state index contributed by atoms with van der Waals surface area (Å²) in [5, 5.41) is 3.27. The zero-order chi connectivity index (χ0) is 12.5. The van der Waals surface area contributed by atoms with Crippen LogP contribution in [0.3, 0.4) is 0 Å². The number of hydrogen-bond donors (Lipinski definition) is 1. The molecule has 0 atom stereocenters.